The van der Waals surface area contributed by atoms with Gasteiger partial charge in [0, 0.05) is 19.1 Å². The number of nitrogens with one attached hydrogen (secondary N) is 1. The first-order valence-electron chi connectivity index (χ1n) is 6.90. The van der Waals surface area contributed by atoms with Crippen molar-refractivity contribution in [3.05, 3.63) is 18.2 Å². The van der Waals surface area contributed by atoms with Gasteiger partial charge in [-0.25, -0.2) is 4.98 Å². The predicted molar refractivity (Wildman–Crippen MR) is 78.2 cm³/mol. The number of hydrogen-bond donors (Lipinski definition) is 1. The Morgan fingerprint density at radius 3 is 2.61 bits per heavy atom. The molecule has 0 spiro atoms. The average Bonchev–Trinajstić information content (AvgIpc) is 2.21. The van der Waals surface area contributed by atoms with Crippen LogP contribution in [0.4, 0.5) is 11.6 Å². The van der Waals surface area contributed by atoms with Crippen molar-refractivity contribution in [2.45, 2.75) is 45.6 Å². The summed E-state index contributed by atoms with van der Waals surface area (Å²) in [5.41, 5.74) is 0.0537. The lowest BCUT2D eigenvalue weighted by Gasteiger charge is -2.31. The summed E-state index contributed by atoms with van der Waals surface area (Å²) in [7, 11) is 2.14. The van der Waals surface area contributed by atoms with E-state index in [9.17, 15) is 0 Å². The molecule has 0 atom stereocenters. The Kier molecular flexibility index (Phi) is 3.79. The zero-order valence-electron chi connectivity index (χ0n) is 12.0. The van der Waals surface area contributed by atoms with Crippen molar-refractivity contribution >= 4 is 11.6 Å². The van der Waals surface area contributed by atoms with E-state index in [4.69, 9.17) is 0 Å². The summed E-state index contributed by atoms with van der Waals surface area (Å²) in [5, 5.41) is 3.42. The van der Waals surface area contributed by atoms with Gasteiger partial charge in [0.05, 0.1) is 0 Å². The van der Waals surface area contributed by atoms with Crippen LogP contribution in [0.15, 0.2) is 18.2 Å². The third-order valence-corrected chi connectivity index (χ3v) is 3.39. The van der Waals surface area contributed by atoms with E-state index in [1.54, 1.807) is 0 Å². The van der Waals surface area contributed by atoms with Gasteiger partial charge in [0.25, 0.3) is 0 Å². The summed E-state index contributed by atoms with van der Waals surface area (Å²) >= 11 is 0. The molecule has 18 heavy (non-hydrogen) atoms. The van der Waals surface area contributed by atoms with E-state index in [0.717, 1.165) is 24.1 Å². The van der Waals surface area contributed by atoms with Gasteiger partial charge in [-0.2, -0.15) is 0 Å². The summed E-state index contributed by atoms with van der Waals surface area (Å²) in [6.45, 7) is 7.59. The van der Waals surface area contributed by atoms with Gasteiger partial charge in [0.2, 0.25) is 0 Å². The minimum absolute atomic E-state index is 0.0537. The molecule has 3 nitrogen and oxygen atoms in total. The van der Waals surface area contributed by atoms with Gasteiger partial charge in [0.1, 0.15) is 11.6 Å². The molecular formula is C15H25N3. The van der Waals surface area contributed by atoms with Crippen LogP contribution in [0.5, 0.6) is 0 Å². The van der Waals surface area contributed by atoms with Crippen molar-refractivity contribution < 1.29 is 0 Å². The molecule has 0 aliphatic heterocycles. The first-order valence-corrected chi connectivity index (χ1v) is 6.90. The third-order valence-electron chi connectivity index (χ3n) is 3.39. The molecule has 1 heterocycles. The van der Waals surface area contributed by atoms with Crippen LogP contribution in [0.3, 0.4) is 0 Å². The Labute approximate surface area is 111 Å². The lowest BCUT2D eigenvalue weighted by Crippen LogP contribution is -2.30. The molecule has 0 radical (unpaired) electrons. The number of pyridine rings is 1. The second kappa shape index (κ2) is 5.17. The fourth-order valence-corrected chi connectivity index (χ4v) is 2.25. The van der Waals surface area contributed by atoms with E-state index in [2.05, 4.69) is 55.2 Å². The average molecular weight is 247 g/mol. The molecule has 1 N–H and O–H groups in total. The van der Waals surface area contributed by atoms with Gasteiger partial charge in [-0.1, -0.05) is 12.5 Å². The molecule has 2 rings (SSSR count). The molecular weight excluding hydrogens is 222 g/mol. The summed E-state index contributed by atoms with van der Waals surface area (Å²) in [4.78, 5) is 6.96. The molecule has 0 amide bonds. The van der Waals surface area contributed by atoms with Crippen molar-refractivity contribution in [3.8, 4) is 0 Å². The van der Waals surface area contributed by atoms with Crippen LogP contribution >= 0.6 is 0 Å². The number of anilines is 2. The van der Waals surface area contributed by atoms with Crippen LogP contribution in [0.2, 0.25) is 0 Å². The van der Waals surface area contributed by atoms with Gasteiger partial charge >= 0.3 is 0 Å². The summed E-state index contributed by atoms with van der Waals surface area (Å²) in [6, 6.07) is 6.20. The Morgan fingerprint density at radius 2 is 2.06 bits per heavy atom. The molecule has 1 aliphatic rings. The monoisotopic (exact) mass is 247 g/mol. The second-order valence-corrected chi connectivity index (χ2v) is 6.43. The molecule has 1 aromatic rings. The smallest absolute Gasteiger partial charge is 0.130 e. The first-order chi connectivity index (χ1) is 8.44. The van der Waals surface area contributed by atoms with Crippen LogP contribution in [-0.2, 0) is 0 Å². The number of nitrogens with zero attached hydrogens (tertiary/aromatic N) is 2. The van der Waals surface area contributed by atoms with Crippen LogP contribution < -0.4 is 10.2 Å². The van der Waals surface area contributed by atoms with Gasteiger partial charge in [-0.3, -0.25) is 0 Å². The topological polar surface area (TPSA) is 28.2 Å². The quantitative estimate of drug-likeness (QED) is 0.882. The molecule has 1 aliphatic carbocycles. The Hall–Kier alpha value is -1.25. The third kappa shape index (κ3) is 3.62. The minimum atomic E-state index is 0.0537. The molecule has 0 unspecified atom stereocenters. The summed E-state index contributed by atoms with van der Waals surface area (Å²) in [6.07, 6.45) is 4.16. The van der Waals surface area contributed by atoms with Crippen molar-refractivity contribution in [2.75, 3.05) is 23.8 Å². The molecule has 1 saturated carbocycles. The Morgan fingerprint density at radius 1 is 1.33 bits per heavy atom. The van der Waals surface area contributed by atoms with E-state index in [0.29, 0.717) is 0 Å². The second-order valence-electron chi connectivity index (χ2n) is 6.43. The lowest BCUT2D eigenvalue weighted by atomic mass is 9.85. The van der Waals surface area contributed by atoms with Gasteiger partial charge < -0.3 is 10.2 Å². The minimum Gasteiger partial charge on any atom is -0.365 e. The van der Waals surface area contributed by atoms with E-state index in [1.165, 1.54) is 19.3 Å². The standard InChI is InChI=1S/C15H25N3/c1-15(2,3)17-13-9-6-10-14(16-13)18(4)11-12-7-5-8-12/h6,9-10,12H,5,7-8,11H2,1-4H3,(H,16,17). The number of aromatic nitrogens is 1. The zero-order valence-corrected chi connectivity index (χ0v) is 12.0. The summed E-state index contributed by atoms with van der Waals surface area (Å²) < 4.78 is 0. The van der Waals surface area contributed by atoms with Gasteiger partial charge in [-0.05, 0) is 51.7 Å². The van der Waals surface area contributed by atoms with Crippen LogP contribution in [0.25, 0.3) is 0 Å². The Balaban J connectivity index is 2.01. The van der Waals surface area contributed by atoms with Gasteiger partial charge in [-0.15, -0.1) is 0 Å². The zero-order chi connectivity index (χ0) is 13.2. The molecule has 0 saturated heterocycles. The first kappa shape index (κ1) is 13.2. The maximum Gasteiger partial charge on any atom is 0.130 e. The van der Waals surface area contributed by atoms with Crippen molar-refractivity contribution in [1.29, 1.82) is 0 Å². The number of hydrogen-bond acceptors (Lipinski definition) is 3. The lowest BCUT2D eigenvalue weighted by molar-refractivity contribution is 0.321. The van der Waals surface area contributed by atoms with E-state index in [-0.39, 0.29) is 5.54 Å². The van der Waals surface area contributed by atoms with E-state index in [1.807, 2.05) is 6.07 Å². The van der Waals surface area contributed by atoms with Crippen molar-refractivity contribution in [2.24, 2.45) is 5.92 Å². The molecule has 0 bridgehead atoms. The van der Waals surface area contributed by atoms with Gasteiger partial charge in [0.15, 0.2) is 0 Å². The molecule has 0 aromatic carbocycles. The molecule has 100 valence electrons. The molecule has 1 fully saturated rings. The highest BCUT2D eigenvalue weighted by Gasteiger charge is 2.20. The van der Waals surface area contributed by atoms with Crippen molar-refractivity contribution in [3.63, 3.8) is 0 Å². The predicted octanol–water partition coefficient (Wildman–Crippen LogP) is 3.53. The van der Waals surface area contributed by atoms with Crippen molar-refractivity contribution in [1.82, 2.24) is 4.98 Å². The van der Waals surface area contributed by atoms with Crippen LogP contribution in [0.1, 0.15) is 40.0 Å². The molecule has 3 heteroatoms. The highest BCUT2D eigenvalue weighted by Crippen LogP contribution is 2.28. The fourth-order valence-electron chi connectivity index (χ4n) is 2.25. The van der Waals surface area contributed by atoms with Crippen LogP contribution in [-0.4, -0.2) is 24.1 Å². The number of rotatable bonds is 4. The highest BCUT2D eigenvalue weighted by molar-refractivity contribution is 5.47. The summed E-state index contributed by atoms with van der Waals surface area (Å²) in [5.74, 6) is 2.90. The largest absolute Gasteiger partial charge is 0.365 e. The SMILES string of the molecule is CN(CC1CCC1)c1cccc(NC(C)(C)C)n1. The van der Waals surface area contributed by atoms with E-state index < -0.39 is 0 Å². The highest BCUT2D eigenvalue weighted by atomic mass is 15.2. The van der Waals surface area contributed by atoms with Crippen LogP contribution in [0, 0.1) is 5.92 Å². The van der Waals surface area contributed by atoms with E-state index >= 15 is 0 Å². The maximum absolute atomic E-state index is 4.68. The Bertz CT molecular complexity index is 391. The maximum atomic E-state index is 4.68. The molecule has 1 aromatic heterocycles. The normalized spacial score (nSPS) is 16.2. The fraction of sp³-hybridized carbons (Fsp3) is 0.667.